The summed E-state index contributed by atoms with van der Waals surface area (Å²) in [7, 11) is 0. The molecular formula is C27H42O10. The molecule has 0 spiro atoms. The smallest absolute Gasteiger partial charge is 0.335 e. The zero-order chi connectivity index (χ0) is 26.9. The molecule has 10 heteroatoms. The van der Waals surface area contributed by atoms with Crippen molar-refractivity contribution >= 4 is 11.8 Å². The van der Waals surface area contributed by atoms with E-state index >= 15 is 0 Å². The van der Waals surface area contributed by atoms with E-state index in [1.807, 2.05) is 0 Å². The summed E-state index contributed by atoms with van der Waals surface area (Å²) in [5.41, 5.74) is -0.481. The molecular weight excluding hydrogens is 484 g/mol. The number of Topliss-reactive ketones (excluding diaryl/α,β-unsaturated/α-hetero) is 1. The monoisotopic (exact) mass is 526 g/mol. The molecule has 0 unspecified atom stereocenters. The van der Waals surface area contributed by atoms with Gasteiger partial charge in [0.25, 0.3) is 0 Å². The van der Waals surface area contributed by atoms with Crippen molar-refractivity contribution in [3.63, 3.8) is 0 Å². The summed E-state index contributed by atoms with van der Waals surface area (Å²) in [5.74, 6) is -0.470. The quantitative estimate of drug-likeness (QED) is 0.276. The number of carbonyl (C=O) groups excluding carboxylic acids is 1. The maximum atomic E-state index is 13.8. The molecule has 0 radical (unpaired) electrons. The van der Waals surface area contributed by atoms with Gasteiger partial charge in [-0.25, -0.2) is 4.79 Å². The Morgan fingerprint density at radius 2 is 1.78 bits per heavy atom. The number of aliphatic hydroxyl groups is 5. The van der Waals surface area contributed by atoms with Crippen molar-refractivity contribution in [2.75, 3.05) is 6.61 Å². The van der Waals surface area contributed by atoms with Crippen molar-refractivity contribution in [2.24, 2.45) is 40.4 Å². The average molecular weight is 527 g/mol. The second-order valence-electron chi connectivity index (χ2n) is 12.9. The third kappa shape index (κ3) is 4.27. The number of fused-ring (bicyclic) bond motifs is 5. The van der Waals surface area contributed by atoms with Gasteiger partial charge in [0.15, 0.2) is 12.4 Å². The fourth-order valence-electron chi connectivity index (χ4n) is 9.31. The van der Waals surface area contributed by atoms with Crippen LogP contribution < -0.4 is 0 Å². The van der Waals surface area contributed by atoms with Crippen LogP contribution in [0.5, 0.6) is 0 Å². The van der Waals surface area contributed by atoms with Crippen LogP contribution >= 0.6 is 0 Å². The fraction of sp³-hybridized carbons (Fsp3) is 0.926. The third-order valence-electron chi connectivity index (χ3n) is 11.2. The van der Waals surface area contributed by atoms with E-state index in [2.05, 4.69) is 13.8 Å². The highest BCUT2D eigenvalue weighted by Gasteiger charge is 2.64. The molecule has 0 amide bonds. The molecule has 1 saturated heterocycles. The van der Waals surface area contributed by atoms with E-state index in [-0.39, 0.29) is 53.0 Å². The lowest BCUT2D eigenvalue weighted by atomic mass is 9.44. The SMILES string of the molecule is C[C@]12CC(=O)[C@@H]3[C@H](CC[C@@H]4C[C@H](O[C@@H]5O[C@H](C(=O)O)[C@@H](O)[C@H](O)[C@H]5O)CC[C@@]43C)[C@@H]1CC[C@H]2[C@@H](O)CO. The molecule has 1 heterocycles. The van der Waals surface area contributed by atoms with Gasteiger partial charge in [0.1, 0.15) is 24.1 Å². The summed E-state index contributed by atoms with van der Waals surface area (Å²) < 4.78 is 11.3. The maximum Gasteiger partial charge on any atom is 0.335 e. The van der Waals surface area contributed by atoms with E-state index in [9.17, 15) is 40.2 Å². The minimum atomic E-state index is -1.76. The molecule has 0 aromatic rings. The van der Waals surface area contributed by atoms with Gasteiger partial charge in [-0.05, 0) is 79.4 Å². The normalized spacial score (nSPS) is 52.6. The molecule has 5 fully saturated rings. The van der Waals surface area contributed by atoms with Crippen LogP contribution in [-0.4, -0.2) is 91.9 Å². The second-order valence-corrected chi connectivity index (χ2v) is 12.9. The number of ketones is 1. The summed E-state index contributed by atoms with van der Waals surface area (Å²) >= 11 is 0. The zero-order valence-corrected chi connectivity index (χ0v) is 21.6. The van der Waals surface area contributed by atoms with Crippen molar-refractivity contribution in [1.82, 2.24) is 0 Å². The van der Waals surface area contributed by atoms with Crippen LogP contribution in [0, 0.1) is 40.4 Å². The summed E-state index contributed by atoms with van der Waals surface area (Å²) in [6.07, 6.45) is -3.13. The fourth-order valence-corrected chi connectivity index (χ4v) is 9.31. The Morgan fingerprint density at radius 3 is 2.46 bits per heavy atom. The minimum Gasteiger partial charge on any atom is -0.479 e. The van der Waals surface area contributed by atoms with E-state index in [0.29, 0.717) is 25.2 Å². The Hall–Kier alpha value is -1.14. The van der Waals surface area contributed by atoms with Gasteiger partial charge in [0.05, 0.1) is 18.8 Å². The van der Waals surface area contributed by atoms with Crippen LogP contribution in [-0.2, 0) is 19.1 Å². The number of ether oxygens (including phenoxy) is 2. The Morgan fingerprint density at radius 1 is 1.05 bits per heavy atom. The Kier molecular flexibility index (Phi) is 7.26. The first-order chi connectivity index (χ1) is 17.4. The van der Waals surface area contributed by atoms with Crippen LogP contribution in [0.4, 0.5) is 0 Å². The van der Waals surface area contributed by atoms with Gasteiger partial charge in [-0.2, -0.15) is 0 Å². The van der Waals surface area contributed by atoms with Crippen molar-refractivity contribution in [1.29, 1.82) is 0 Å². The molecule has 6 N–H and O–H groups in total. The number of carboxylic acid groups (broad SMARTS) is 1. The Labute approximate surface area is 217 Å². The first-order valence-electron chi connectivity index (χ1n) is 13.8. The van der Waals surface area contributed by atoms with Crippen LogP contribution in [0.2, 0.25) is 0 Å². The highest BCUT2D eigenvalue weighted by Crippen LogP contribution is 2.67. The molecule has 4 aliphatic carbocycles. The Bertz CT molecular complexity index is 896. The van der Waals surface area contributed by atoms with Crippen molar-refractivity contribution < 1.29 is 49.7 Å². The number of carbonyl (C=O) groups is 2. The molecule has 14 atom stereocenters. The van der Waals surface area contributed by atoms with Gasteiger partial charge >= 0.3 is 5.97 Å². The third-order valence-corrected chi connectivity index (χ3v) is 11.2. The number of aliphatic carboxylic acids is 1. The van der Waals surface area contributed by atoms with Crippen molar-refractivity contribution in [3.8, 4) is 0 Å². The van der Waals surface area contributed by atoms with E-state index in [0.717, 1.165) is 32.1 Å². The molecule has 10 nitrogen and oxygen atoms in total. The van der Waals surface area contributed by atoms with Gasteiger partial charge in [0.2, 0.25) is 0 Å². The summed E-state index contributed by atoms with van der Waals surface area (Å²) in [4.78, 5) is 25.2. The standard InChI is InChI=1S/C27H42O10/c1-26-8-7-13(36-25-22(33)20(31)21(32)23(37-25)24(34)35)9-12(26)3-4-14-15-5-6-16(18(30)11-28)27(15,2)10-17(29)19(14)26/h12-16,18-23,25,28,30-33H,3-11H2,1-2H3,(H,34,35)/t12-,13-,14-,15+,16+,18+,19+,20+,21+,22-,23+,25-,26+,27+/m1/s1. The largest absolute Gasteiger partial charge is 0.479 e. The molecule has 210 valence electrons. The zero-order valence-electron chi connectivity index (χ0n) is 21.6. The lowest BCUT2D eigenvalue weighted by molar-refractivity contribution is -0.309. The summed E-state index contributed by atoms with van der Waals surface area (Å²) in [6.45, 7) is 4.07. The number of carboxylic acids is 1. The van der Waals surface area contributed by atoms with E-state index in [1.54, 1.807) is 0 Å². The van der Waals surface area contributed by atoms with E-state index in [4.69, 9.17) is 9.47 Å². The van der Waals surface area contributed by atoms with Gasteiger partial charge < -0.3 is 40.1 Å². The lowest BCUT2D eigenvalue weighted by Gasteiger charge is -2.60. The van der Waals surface area contributed by atoms with E-state index in [1.165, 1.54) is 0 Å². The molecule has 0 aromatic heterocycles. The predicted molar refractivity (Wildman–Crippen MR) is 128 cm³/mol. The highest BCUT2D eigenvalue weighted by molar-refractivity contribution is 5.84. The Balaban J connectivity index is 1.29. The van der Waals surface area contributed by atoms with Gasteiger partial charge in [0, 0.05) is 12.3 Å². The minimum absolute atomic E-state index is 0.0554. The molecule has 1 aliphatic heterocycles. The molecule has 0 aromatic carbocycles. The molecule has 4 saturated carbocycles. The van der Waals surface area contributed by atoms with Crippen molar-refractivity contribution in [2.45, 2.75) is 108 Å². The number of aliphatic hydroxyl groups excluding tert-OH is 5. The topological polar surface area (TPSA) is 174 Å². The highest BCUT2D eigenvalue weighted by atomic mass is 16.7. The van der Waals surface area contributed by atoms with Gasteiger partial charge in [-0.1, -0.05) is 13.8 Å². The van der Waals surface area contributed by atoms with Gasteiger partial charge in [-0.3, -0.25) is 4.79 Å². The van der Waals surface area contributed by atoms with Crippen LogP contribution in [0.1, 0.15) is 65.2 Å². The summed E-state index contributed by atoms with van der Waals surface area (Å²) in [5, 5.41) is 59.8. The van der Waals surface area contributed by atoms with Crippen LogP contribution in [0.3, 0.4) is 0 Å². The molecule has 5 aliphatic rings. The first-order valence-corrected chi connectivity index (χ1v) is 13.8. The lowest BCUT2D eigenvalue weighted by Crippen LogP contribution is -2.61. The predicted octanol–water partition coefficient (Wildman–Crippen LogP) is 0.455. The number of hydrogen-bond donors (Lipinski definition) is 6. The summed E-state index contributed by atoms with van der Waals surface area (Å²) in [6, 6.07) is 0. The molecule has 37 heavy (non-hydrogen) atoms. The van der Waals surface area contributed by atoms with Crippen molar-refractivity contribution in [3.05, 3.63) is 0 Å². The first kappa shape index (κ1) is 27.4. The molecule has 0 bridgehead atoms. The van der Waals surface area contributed by atoms with Gasteiger partial charge in [-0.15, -0.1) is 0 Å². The maximum absolute atomic E-state index is 13.8. The van der Waals surface area contributed by atoms with Crippen LogP contribution in [0.15, 0.2) is 0 Å². The molecule has 5 rings (SSSR count). The number of hydrogen-bond acceptors (Lipinski definition) is 9. The van der Waals surface area contributed by atoms with Crippen LogP contribution in [0.25, 0.3) is 0 Å². The second kappa shape index (κ2) is 9.80. The number of rotatable bonds is 5. The average Bonchev–Trinajstić information content (AvgIpc) is 3.19. The van der Waals surface area contributed by atoms with E-state index < -0.39 is 42.8 Å².